The molecule has 9 nitrogen and oxygen atoms in total. The average Bonchev–Trinajstić information content (AvgIpc) is 3.10. The molecular formula is C20H24N6O3S. The number of anilines is 1. The minimum Gasteiger partial charge on any atom is -0.379 e. The van der Waals surface area contributed by atoms with Crippen molar-refractivity contribution in [2.75, 3.05) is 44.1 Å². The van der Waals surface area contributed by atoms with Gasteiger partial charge >= 0.3 is 0 Å². The maximum absolute atomic E-state index is 13.1. The van der Waals surface area contributed by atoms with E-state index in [0.717, 1.165) is 23.4 Å². The average molecular weight is 429 g/mol. The summed E-state index contributed by atoms with van der Waals surface area (Å²) in [5.41, 5.74) is 1.76. The highest BCUT2D eigenvalue weighted by Gasteiger charge is 2.28. The van der Waals surface area contributed by atoms with Crippen LogP contribution in [0.1, 0.15) is 6.92 Å². The summed E-state index contributed by atoms with van der Waals surface area (Å²) in [5.74, 6) is 1.61. The van der Waals surface area contributed by atoms with Crippen LogP contribution < -0.4 is 4.90 Å². The van der Waals surface area contributed by atoms with Crippen molar-refractivity contribution in [2.24, 2.45) is 4.36 Å². The Morgan fingerprint density at radius 2 is 2.00 bits per heavy atom. The summed E-state index contributed by atoms with van der Waals surface area (Å²) in [6.07, 6.45) is 3.38. The van der Waals surface area contributed by atoms with Gasteiger partial charge in [-0.15, -0.1) is 0 Å². The quantitative estimate of drug-likeness (QED) is 0.628. The Labute approximate surface area is 175 Å². The highest BCUT2D eigenvalue weighted by Crippen LogP contribution is 2.27. The fourth-order valence-electron chi connectivity index (χ4n) is 3.62. The summed E-state index contributed by atoms with van der Waals surface area (Å²) >= 11 is 0. The SMILES string of the molecule is C[C@@H]1COCCN1c1cc(N=[S@](C)(=O)C2COC2)nc(-n2cnc3ccccc32)n1. The van der Waals surface area contributed by atoms with Crippen molar-refractivity contribution in [1.82, 2.24) is 19.5 Å². The van der Waals surface area contributed by atoms with Crippen molar-refractivity contribution in [3.05, 3.63) is 36.7 Å². The first-order valence-corrected chi connectivity index (χ1v) is 11.9. The van der Waals surface area contributed by atoms with E-state index in [1.165, 1.54) is 0 Å². The second-order valence-corrected chi connectivity index (χ2v) is 10.3. The van der Waals surface area contributed by atoms with Crippen LogP contribution in [0.15, 0.2) is 41.0 Å². The molecule has 1 aromatic carbocycles. The van der Waals surface area contributed by atoms with E-state index in [-0.39, 0.29) is 11.3 Å². The molecule has 0 amide bonds. The van der Waals surface area contributed by atoms with E-state index in [4.69, 9.17) is 14.5 Å². The molecule has 2 aromatic heterocycles. The first-order valence-electron chi connectivity index (χ1n) is 9.96. The topological polar surface area (TPSA) is 94.7 Å². The largest absolute Gasteiger partial charge is 0.379 e. The maximum atomic E-state index is 13.1. The van der Waals surface area contributed by atoms with Gasteiger partial charge in [0, 0.05) is 18.9 Å². The van der Waals surface area contributed by atoms with Gasteiger partial charge in [0.05, 0.1) is 58.5 Å². The lowest BCUT2D eigenvalue weighted by atomic mass is 10.2. The van der Waals surface area contributed by atoms with E-state index in [2.05, 4.69) is 26.2 Å². The first-order chi connectivity index (χ1) is 14.5. The van der Waals surface area contributed by atoms with Crippen molar-refractivity contribution in [3.63, 3.8) is 0 Å². The second-order valence-electron chi connectivity index (χ2n) is 7.72. The number of hydrogen-bond donors (Lipinski definition) is 0. The molecule has 3 aromatic rings. The predicted molar refractivity (Wildman–Crippen MR) is 115 cm³/mol. The van der Waals surface area contributed by atoms with Gasteiger partial charge < -0.3 is 14.4 Å². The Kier molecular flexibility index (Phi) is 4.92. The Bertz CT molecular complexity index is 1200. The third-order valence-corrected chi connectivity index (χ3v) is 7.58. The van der Waals surface area contributed by atoms with Crippen LogP contribution in [0.4, 0.5) is 11.6 Å². The highest BCUT2D eigenvalue weighted by atomic mass is 32.2. The van der Waals surface area contributed by atoms with Crippen molar-refractivity contribution in [1.29, 1.82) is 0 Å². The molecule has 2 atom stereocenters. The molecule has 0 aliphatic carbocycles. The summed E-state index contributed by atoms with van der Waals surface area (Å²) in [6, 6.07) is 9.80. The Morgan fingerprint density at radius 1 is 1.17 bits per heavy atom. The Morgan fingerprint density at radius 3 is 2.77 bits per heavy atom. The molecule has 10 heteroatoms. The number of hydrogen-bond acceptors (Lipinski definition) is 8. The normalized spacial score (nSPS) is 21.9. The van der Waals surface area contributed by atoms with E-state index in [9.17, 15) is 4.21 Å². The van der Waals surface area contributed by atoms with Crippen molar-refractivity contribution in [2.45, 2.75) is 18.2 Å². The van der Waals surface area contributed by atoms with Crippen LogP contribution in [-0.4, -0.2) is 74.2 Å². The van der Waals surface area contributed by atoms with Gasteiger partial charge in [0.15, 0.2) is 5.82 Å². The molecule has 0 saturated carbocycles. The third kappa shape index (κ3) is 3.55. The van der Waals surface area contributed by atoms with Crippen LogP contribution in [0.3, 0.4) is 0 Å². The van der Waals surface area contributed by atoms with Gasteiger partial charge in [0.25, 0.3) is 0 Å². The fraction of sp³-hybridized carbons (Fsp3) is 0.450. The molecule has 0 radical (unpaired) electrons. The third-order valence-electron chi connectivity index (χ3n) is 5.52. The van der Waals surface area contributed by atoms with Crippen molar-refractivity contribution < 1.29 is 13.7 Å². The van der Waals surface area contributed by atoms with Crippen molar-refractivity contribution >= 4 is 32.4 Å². The van der Waals surface area contributed by atoms with Crippen LogP contribution in [0.5, 0.6) is 0 Å². The molecule has 158 valence electrons. The number of nitrogens with zero attached hydrogens (tertiary/aromatic N) is 6. The minimum atomic E-state index is -2.47. The lowest BCUT2D eigenvalue weighted by Crippen LogP contribution is -2.44. The van der Waals surface area contributed by atoms with Crippen molar-refractivity contribution in [3.8, 4) is 5.95 Å². The van der Waals surface area contributed by atoms with E-state index in [1.807, 2.05) is 34.9 Å². The van der Waals surface area contributed by atoms with Crippen LogP contribution in [0, 0.1) is 0 Å². The Hall–Kier alpha value is -2.56. The van der Waals surface area contributed by atoms with Gasteiger partial charge in [-0.05, 0) is 19.1 Å². The van der Waals surface area contributed by atoms with Gasteiger partial charge in [0.2, 0.25) is 5.95 Å². The van der Waals surface area contributed by atoms with Crippen LogP contribution in [0.2, 0.25) is 0 Å². The van der Waals surface area contributed by atoms with Gasteiger partial charge in [0.1, 0.15) is 12.1 Å². The Balaban J connectivity index is 1.65. The molecular weight excluding hydrogens is 404 g/mol. The number of aromatic nitrogens is 4. The van der Waals surface area contributed by atoms with Crippen LogP contribution in [-0.2, 0) is 19.2 Å². The van der Waals surface area contributed by atoms with E-state index in [0.29, 0.717) is 38.2 Å². The lowest BCUT2D eigenvalue weighted by molar-refractivity contribution is 0.0431. The lowest BCUT2D eigenvalue weighted by Gasteiger charge is -2.34. The zero-order chi connectivity index (χ0) is 20.7. The second kappa shape index (κ2) is 7.60. The first kappa shape index (κ1) is 19.4. The number of morpholine rings is 1. The van der Waals surface area contributed by atoms with Gasteiger partial charge in [-0.25, -0.2) is 9.19 Å². The van der Waals surface area contributed by atoms with E-state index in [1.54, 1.807) is 12.6 Å². The molecule has 0 N–H and O–H groups in total. The summed E-state index contributed by atoms with van der Waals surface area (Å²) in [5, 5.41) is -0.0734. The number of imidazole rings is 1. The smallest absolute Gasteiger partial charge is 0.239 e. The highest BCUT2D eigenvalue weighted by molar-refractivity contribution is 7.93. The molecule has 2 saturated heterocycles. The maximum Gasteiger partial charge on any atom is 0.239 e. The molecule has 0 unspecified atom stereocenters. The molecule has 2 aliphatic heterocycles. The summed E-state index contributed by atoms with van der Waals surface area (Å²) in [4.78, 5) is 16.1. The number of ether oxygens (including phenoxy) is 2. The minimum absolute atomic E-state index is 0.0734. The predicted octanol–water partition coefficient (Wildman–Crippen LogP) is 2.17. The van der Waals surface area contributed by atoms with E-state index < -0.39 is 9.73 Å². The van der Waals surface area contributed by atoms with Crippen LogP contribution in [0.25, 0.3) is 17.0 Å². The van der Waals surface area contributed by atoms with Gasteiger partial charge in [-0.2, -0.15) is 14.3 Å². The molecule has 4 heterocycles. The summed E-state index contributed by atoms with van der Waals surface area (Å²) in [7, 11) is -2.47. The molecule has 0 bridgehead atoms. The fourth-order valence-corrected chi connectivity index (χ4v) is 4.94. The zero-order valence-electron chi connectivity index (χ0n) is 17.0. The van der Waals surface area contributed by atoms with Gasteiger partial charge in [-0.3, -0.25) is 4.57 Å². The monoisotopic (exact) mass is 428 g/mol. The summed E-state index contributed by atoms with van der Waals surface area (Å²) < 4.78 is 30.3. The zero-order valence-corrected chi connectivity index (χ0v) is 17.8. The number of benzene rings is 1. The number of para-hydroxylation sites is 2. The molecule has 2 aliphatic rings. The summed E-state index contributed by atoms with van der Waals surface area (Å²) in [6.45, 7) is 5.02. The molecule has 2 fully saturated rings. The molecule has 30 heavy (non-hydrogen) atoms. The number of fused-ring (bicyclic) bond motifs is 1. The van der Waals surface area contributed by atoms with Crippen LogP contribution >= 0.6 is 0 Å². The van der Waals surface area contributed by atoms with E-state index >= 15 is 0 Å². The standard InChI is InChI=1S/C20H24N6O3S/c1-14-10-28-8-7-25(14)19-9-18(24-30(2,27)15-11-29-12-15)22-20(23-19)26-13-21-16-5-3-4-6-17(16)26/h3-6,9,13-15H,7-8,10-12H2,1-2H3/t14-,30-/m1/s1. The van der Waals surface area contributed by atoms with Gasteiger partial charge in [-0.1, -0.05) is 12.1 Å². The number of rotatable bonds is 4. The molecule has 0 spiro atoms. The molecule has 5 rings (SSSR count).